The van der Waals surface area contributed by atoms with Crippen LogP contribution in [-0.4, -0.2) is 15.4 Å². The van der Waals surface area contributed by atoms with Gasteiger partial charge in [-0.2, -0.15) is 0 Å². The van der Waals surface area contributed by atoms with Gasteiger partial charge in [0.05, 0.1) is 0 Å². The monoisotopic (exact) mass is 159 g/mol. The van der Waals surface area contributed by atoms with Crippen LogP contribution >= 0.6 is 0 Å². The number of hydrogen-bond donors (Lipinski definition) is 0. The van der Waals surface area contributed by atoms with Gasteiger partial charge in [-0.1, -0.05) is 0 Å². The van der Waals surface area contributed by atoms with Gasteiger partial charge in [0.1, 0.15) is 0 Å². The minimum Gasteiger partial charge on any atom is 1.00 e. The van der Waals surface area contributed by atoms with Crippen LogP contribution in [0.5, 0.6) is 0 Å². The smallest absolute Gasteiger partial charge is 1.00 e. The number of halogens is 4. The van der Waals surface area contributed by atoms with E-state index in [1.165, 1.54) is 0 Å². The fourth-order valence-electron chi connectivity index (χ4n) is 0. The summed E-state index contributed by atoms with van der Waals surface area (Å²) in [7, 11) is 0. The Morgan fingerprint density at radius 2 is 0.833 bits per heavy atom. The average molecular weight is 159 g/mol. The SMILES string of the molecule is F[AsH-](F)(F)F.[Li+]. The van der Waals surface area contributed by atoms with E-state index in [0.717, 1.165) is 0 Å². The molecule has 0 saturated heterocycles. The second-order valence-electron chi connectivity index (χ2n) is 0.429. The second-order valence-corrected chi connectivity index (χ2v) is 2.23. The molecular formula is HAsF4Li. The molecule has 0 bridgehead atoms. The summed E-state index contributed by atoms with van der Waals surface area (Å²) in [6.45, 7) is 0. The van der Waals surface area contributed by atoms with Crippen molar-refractivity contribution in [2.45, 2.75) is 0 Å². The van der Waals surface area contributed by atoms with E-state index in [4.69, 9.17) is 0 Å². The van der Waals surface area contributed by atoms with Crippen LogP contribution in [0.3, 0.4) is 0 Å². The van der Waals surface area contributed by atoms with Crippen LogP contribution in [0.2, 0.25) is 0 Å². The second kappa shape index (κ2) is 2.95. The summed E-state index contributed by atoms with van der Waals surface area (Å²) in [5.74, 6) is 0. The maximum atomic E-state index is 9.88. The van der Waals surface area contributed by atoms with Gasteiger partial charge >= 0.3 is 48.2 Å². The normalized spacial score (nSPS) is 12.7. The largest absolute Gasteiger partial charge is 1.00 e. The van der Waals surface area contributed by atoms with Crippen LogP contribution in [0, 0.1) is 0 Å². The molecule has 0 unspecified atom stereocenters. The fraction of sp³-hybridized carbons (Fsp3) is 0. The molecule has 0 radical (unpaired) electrons. The zero-order chi connectivity index (χ0) is 4.50. The molecule has 0 heterocycles. The quantitative estimate of drug-likeness (QED) is 0.284. The molecule has 6 heteroatoms. The molecule has 0 amide bonds. The standard InChI is InChI=1S/AsF4H.Li/c2-1(3,4)5;/h1H;/q-1;+1. The van der Waals surface area contributed by atoms with Gasteiger partial charge < -0.3 is 0 Å². The van der Waals surface area contributed by atoms with Crippen LogP contribution < -0.4 is 18.9 Å². The molecule has 0 aliphatic carbocycles. The summed E-state index contributed by atoms with van der Waals surface area (Å²) in [5, 5.41) is 0. The van der Waals surface area contributed by atoms with Crippen LogP contribution in [0.4, 0.5) is 13.9 Å². The molecule has 0 atom stereocenters. The van der Waals surface area contributed by atoms with Gasteiger partial charge in [-0.25, -0.2) is 0 Å². The van der Waals surface area contributed by atoms with E-state index in [1.54, 1.807) is 0 Å². The van der Waals surface area contributed by atoms with Crippen molar-refractivity contribution in [1.82, 2.24) is 0 Å². The maximum absolute atomic E-state index is 9.88. The van der Waals surface area contributed by atoms with Crippen LogP contribution in [0.1, 0.15) is 0 Å². The van der Waals surface area contributed by atoms with E-state index < -0.39 is 15.4 Å². The van der Waals surface area contributed by atoms with Crippen molar-refractivity contribution in [2.75, 3.05) is 0 Å². The van der Waals surface area contributed by atoms with Crippen LogP contribution in [0.15, 0.2) is 0 Å². The zero-order valence-electron chi connectivity index (χ0n) is 3.01. The van der Waals surface area contributed by atoms with Crippen LogP contribution in [-0.2, 0) is 0 Å². The summed E-state index contributed by atoms with van der Waals surface area (Å²) in [6, 6.07) is 0. The maximum Gasteiger partial charge on any atom is 1.00 e. The Hall–Kier alpha value is 0.876. The molecule has 0 saturated carbocycles. The van der Waals surface area contributed by atoms with Crippen LogP contribution in [0.25, 0.3) is 0 Å². The van der Waals surface area contributed by atoms with Crippen molar-refractivity contribution in [3.8, 4) is 0 Å². The van der Waals surface area contributed by atoms with E-state index in [9.17, 15) is 13.9 Å². The van der Waals surface area contributed by atoms with Crippen molar-refractivity contribution < 1.29 is 32.7 Å². The molecular weight excluding hydrogens is 158 g/mol. The molecule has 0 aromatic heterocycles. The molecule has 0 N–H and O–H groups in total. The Kier molecular flexibility index (Phi) is 4.92. The predicted molar refractivity (Wildman–Crippen MR) is 11.6 cm³/mol. The Morgan fingerprint density at radius 1 is 0.833 bits per heavy atom. The predicted octanol–water partition coefficient (Wildman–Crippen LogP) is -1.96. The third kappa shape index (κ3) is 95.5. The van der Waals surface area contributed by atoms with E-state index >= 15 is 0 Å². The molecule has 0 rings (SSSR count). The third-order valence-electron chi connectivity index (χ3n) is 0. The minimum absolute atomic E-state index is 0. The molecule has 0 aromatic carbocycles. The van der Waals surface area contributed by atoms with Crippen molar-refractivity contribution in [1.29, 1.82) is 0 Å². The summed E-state index contributed by atoms with van der Waals surface area (Å²) in [5.41, 5.74) is 0. The van der Waals surface area contributed by atoms with E-state index in [0.29, 0.717) is 0 Å². The fourth-order valence-corrected chi connectivity index (χ4v) is 0. The topological polar surface area (TPSA) is 0 Å². The van der Waals surface area contributed by atoms with Crippen molar-refractivity contribution in [3.63, 3.8) is 0 Å². The van der Waals surface area contributed by atoms with Crippen molar-refractivity contribution >= 4 is 15.4 Å². The summed E-state index contributed by atoms with van der Waals surface area (Å²) < 4.78 is 39.5. The summed E-state index contributed by atoms with van der Waals surface area (Å²) >= 11 is -7.00. The molecule has 0 aliphatic heterocycles. The molecule has 6 heavy (non-hydrogen) atoms. The van der Waals surface area contributed by atoms with Gasteiger partial charge in [-0.05, 0) is 0 Å². The average Bonchev–Trinajstić information content (AvgIpc) is 0.722. The number of hydrogen-bond acceptors (Lipinski definition) is 0. The first kappa shape index (κ1) is 9.99. The van der Waals surface area contributed by atoms with E-state index in [-0.39, 0.29) is 18.9 Å². The third-order valence-corrected chi connectivity index (χ3v) is 0. The first-order valence-corrected chi connectivity index (χ1v) is 3.93. The van der Waals surface area contributed by atoms with Crippen molar-refractivity contribution in [2.24, 2.45) is 0 Å². The molecule has 35 valence electrons. The van der Waals surface area contributed by atoms with Gasteiger partial charge in [0.2, 0.25) is 0 Å². The molecule has 0 aromatic rings. The first-order valence-electron chi connectivity index (χ1n) is 0.756. The zero-order valence-corrected chi connectivity index (χ0v) is 5.11. The Bertz CT molecular complexity index is 23.0. The minimum atomic E-state index is -7.00. The van der Waals surface area contributed by atoms with Gasteiger partial charge in [-0.15, -0.1) is 0 Å². The van der Waals surface area contributed by atoms with E-state index in [1.807, 2.05) is 0 Å². The molecule has 0 aliphatic rings. The molecule has 0 spiro atoms. The first-order chi connectivity index (χ1) is 2.00. The summed E-state index contributed by atoms with van der Waals surface area (Å²) in [4.78, 5) is 0. The van der Waals surface area contributed by atoms with Gasteiger partial charge in [0.15, 0.2) is 0 Å². The van der Waals surface area contributed by atoms with Gasteiger partial charge in [0, 0.05) is 0 Å². The molecule has 0 fully saturated rings. The summed E-state index contributed by atoms with van der Waals surface area (Å²) in [6.07, 6.45) is 0. The number of rotatable bonds is 0. The Morgan fingerprint density at radius 3 is 0.833 bits per heavy atom. The Labute approximate surface area is 48.5 Å². The van der Waals surface area contributed by atoms with Crippen molar-refractivity contribution in [3.05, 3.63) is 0 Å². The van der Waals surface area contributed by atoms with Gasteiger partial charge in [-0.3, -0.25) is 0 Å². The Balaban J connectivity index is 0. The van der Waals surface area contributed by atoms with E-state index in [2.05, 4.69) is 0 Å². The molecule has 0 nitrogen and oxygen atoms in total. The van der Waals surface area contributed by atoms with Gasteiger partial charge in [0.25, 0.3) is 0 Å².